The van der Waals surface area contributed by atoms with E-state index in [0.717, 1.165) is 42.5 Å². The van der Waals surface area contributed by atoms with Crippen molar-refractivity contribution in [2.24, 2.45) is 0 Å². The molecule has 2 amide bonds. The number of hydrogen-bond acceptors (Lipinski definition) is 5. The van der Waals surface area contributed by atoms with Crippen LogP contribution in [0.3, 0.4) is 0 Å². The Bertz CT molecular complexity index is 1350. The first-order valence-corrected chi connectivity index (χ1v) is 12.4. The third kappa shape index (κ3) is 5.02. The number of amides is 2. The zero-order valence-electron chi connectivity index (χ0n) is 19.6. The van der Waals surface area contributed by atoms with Crippen LogP contribution in [0, 0.1) is 6.57 Å². The van der Waals surface area contributed by atoms with Gasteiger partial charge in [0.25, 0.3) is 5.91 Å². The molecule has 3 aromatic rings. The van der Waals surface area contributed by atoms with Crippen molar-refractivity contribution in [3.63, 3.8) is 0 Å². The molecule has 1 fully saturated rings. The Morgan fingerprint density at radius 2 is 1.97 bits per heavy atom. The number of benzene rings is 2. The van der Waals surface area contributed by atoms with Gasteiger partial charge in [0.2, 0.25) is 18.4 Å². The van der Waals surface area contributed by atoms with Crippen LogP contribution in [0.4, 0.5) is 17.3 Å². The fourth-order valence-electron chi connectivity index (χ4n) is 4.84. The smallest absolute Gasteiger partial charge is 0.254 e. The number of halogens is 1. The summed E-state index contributed by atoms with van der Waals surface area (Å²) in [5, 5.41) is 6.60. The monoisotopic (exact) mass is 500 g/mol. The lowest BCUT2D eigenvalue weighted by molar-refractivity contribution is -0.115. The van der Waals surface area contributed by atoms with Crippen molar-refractivity contribution in [2.45, 2.75) is 38.1 Å². The maximum absolute atomic E-state index is 13.2. The van der Waals surface area contributed by atoms with Crippen LogP contribution >= 0.6 is 11.6 Å². The first-order chi connectivity index (χ1) is 17.5. The number of carbonyl (C=O) groups excluding carboxylic acids is 2. The van der Waals surface area contributed by atoms with Gasteiger partial charge in [-0.05, 0) is 55.3 Å². The summed E-state index contributed by atoms with van der Waals surface area (Å²) in [6.07, 6.45) is 6.06. The fraction of sp³-hybridized carbons (Fsp3) is 0.296. The van der Waals surface area contributed by atoms with E-state index >= 15 is 0 Å². The molecular formula is C27H25ClN6O2. The first-order valence-electron chi connectivity index (χ1n) is 12.0. The molecule has 2 heterocycles. The summed E-state index contributed by atoms with van der Waals surface area (Å²) in [7, 11) is 0. The second-order valence-electron chi connectivity index (χ2n) is 9.00. The molecule has 0 saturated heterocycles. The van der Waals surface area contributed by atoms with Gasteiger partial charge in [-0.3, -0.25) is 9.59 Å². The fourth-order valence-corrected chi connectivity index (χ4v) is 5.01. The highest BCUT2D eigenvalue weighted by Crippen LogP contribution is 2.35. The minimum Gasteiger partial charge on any atom is -0.328 e. The van der Waals surface area contributed by atoms with E-state index in [1.807, 2.05) is 23.1 Å². The molecule has 1 aliphatic heterocycles. The molecular weight excluding hydrogens is 476 g/mol. The van der Waals surface area contributed by atoms with E-state index < -0.39 is 0 Å². The molecule has 1 saturated carbocycles. The first kappa shape index (κ1) is 23.8. The zero-order valence-corrected chi connectivity index (χ0v) is 20.4. The van der Waals surface area contributed by atoms with Crippen LogP contribution in [-0.2, 0) is 11.2 Å². The van der Waals surface area contributed by atoms with Crippen LogP contribution in [0.1, 0.15) is 41.6 Å². The van der Waals surface area contributed by atoms with Gasteiger partial charge in [0.15, 0.2) is 0 Å². The number of hydrogen-bond donors (Lipinski definition) is 2. The van der Waals surface area contributed by atoms with Gasteiger partial charge in [-0.1, -0.05) is 24.4 Å². The number of carbonyl (C=O) groups is 2. The maximum atomic E-state index is 13.2. The van der Waals surface area contributed by atoms with Gasteiger partial charge in [-0.25, -0.2) is 16.5 Å². The Hall–Kier alpha value is -3.96. The Morgan fingerprint density at radius 1 is 1.19 bits per heavy atom. The lowest BCUT2D eigenvalue weighted by Gasteiger charge is -2.27. The van der Waals surface area contributed by atoms with E-state index in [2.05, 4.69) is 25.4 Å². The molecule has 2 aromatic carbocycles. The van der Waals surface area contributed by atoms with Crippen molar-refractivity contribution in [3.8, 4) is 11.3 Å². The topological polar surface area (TPSA) is 91.6 Å². The summed E-state index contributed by atoms with van der Waals surface area (Å²) >= 11 is 6.12. The summed E-state index contributed by atoms with van der Waals surface area (Å²) in [6, 6.07) is 12.7. The minimum atomic E-state index is -0.148. The van der Waals surface area contributed by atoms with Crippen molar-refractivity contribution in [2.75, 3.05) is 23.7 Å². The Balaban J connectivity index is 1.36. The van der Waals surface area contributed by atoms with Crippen molar-refractivity contribution in [1.29, 1.82) is 0 Å². The largest absolute Gasteiger partial charge is 0.328 e. The molecule has 0 radical (unpaired) electrons. The molecule has 182 valence electrons. The van der Waals surface area contributed by atoms with E-state index in [1.54, 1.807) is 30.5 Å². The second-order valence-corrected chi connectivity index (χ2v) is 9.44. The molecule has 5 rings (SSSR count). The van der Waals surface area contributed by atoms with E-state index in [9.17, 15) is 9.59 Å². The number of nitrogens with one attached hydrogen (secondary N) is 2. The van der Waals surface area contributed by atoms with Crippen molar-refractivity contribution in [3.05, 3.63) is 76.2 Å². The normalized spacial score (nSPS) is 14.7. The van der Waals surface area contributed by atoms with Crippen molar-refractivity contribution < 1.29 is 9.59 Å². The summed E-state index contributed by atoms with van der Waals surface area (Å²) in [5.74, 6) is 0.198. The van der Waals surface area contributed by atoms with Crippen LogP contribution in [0.2, 0.25) is 5.02 Å². The standard InChI is InChI=1S/C27H25ClN6O2/c1-29-12-13-34(21-4-2-3-5-21)26(36)17-6-9-20(10-7-17)31-27-30-16-18-14-24(35)32-23-15-19(28)8-11-22(23)25(18)33-27/h6-11,15-16,21H,2-5,12-14H2,(H,32,35)(H,30,31,33). The van der Waals surface area contributed by atoms with Gasteiger partial charge in [0, 0.05) is 39.6 Å². The average Bonchev–Trinajstić information content (AvgIpc) is 3.36. The van der Waals surface area contributed by atoms with Gasteiger partial charge in [-0.15, -0.1) is 0 Å². The number of fused-ring (bicyclic) bond motifs is 3. The molecule has 2 N–H and O–H groups in total. The number of anilines is 3. The van der Waals surface area contributed by atoms with Crippen molar-refractivity contribution >= 4 is 40.7 Å². The molecule has 2 aliphatic rings. The highest BCUT2D eigenvalue weighted by Gasteiger charge is 2.28. The van der Waals surface area contributed by atoms with Gasteiger partial charge in [0.05, 0.1) is 24.3 Å². The Kier molecular flexibility index (Phi) is 6.83. The van der Waals surface area contributed by atoms with Gasteiger partial charge < -0.3 is 20.4 Å². The molecule has 36 heavy (non-hydrogen) atoms. The second kappa shape index (κ2) is 10.3. The quantitative estimate of drug-likeness (QED) is 0.446. The van der Waals surface area contributed by atoms with Crippen LogP contribution in [0.15, 0.2) is 48.7 Å². The SMILES string of the molecule is [C-]#[N+]CCN(C(=O)c1ccc(Nc2ncc3c(n2)-c2ccc(Cl)cc2NC(=O)C3)cc1)C1CCCC1. The number of nitrogens with zero attached hydrogens (tertiary/aromatic N) is 4. The van der Waals surface area contributed by atoms with Gasteiger partial charge in [-0.2, -0.15) is 0 Å². The Labute approximate surface area is 214 Å². The van der Waals surface area contributed by atoms with Crippen LogP contribution in [0.25, 0.3) is 16.1 Å². The zero-order chi connectivity index (χ0) is 25.1. The number of aromatic nitrogens is 2. The third-order valence-electron chi connectivity index (χ3n) is 6.59. The predicted octanol–water partition coefficient (Wildman–Crippen LogP) is 5.34. The molecule has 8 nitrogen and oxygen atoms in total. The maximum Gasteiger partial charge on any atom is 0.254 e. The average molecular weight is 501 g/mol. The molecule has 1 aliphatic carbocycles. The summed E-state index contributed by atoms with van der Waals surface area (Å²) < 4.78 is 0. The third-order valence-corrected chi connectivity index (χ3v) is 6.83. The van der Waals surface area contributed by atoms with Crippen LogP contribution in [0.5, 0.6) is 0 Å². The molecule has 0 atom stereocenters. The molecule has 1 aromatic heterocycles. The lowest BCUT2D eigenvalue weighted by atomic mass is 10.1. The highest BCUT2D eigenvalue weighted by atomic mass is 35.5. The molecule has 0 bridgehead atoms. The Morgan fingerprint density at radius 3 is 2.72 bits per heavy atom. The number of rotatable bonds is 6. The van der Waals surface area contributed by atoms with Crippen molar-refractivity contribution in [1.82, 2.24) is 14.9 Å². The summed E-state index contributed by atoms with van der Waals surface area (Å²) in [6.45, 7) is 7.89. The van der Waals surface area contributed by atoms with E-state index in [-0.39, 0.29) is 24.3 Å². The van der Waals surface area contributed by atoms with E-state index in [1.165, 1.54) is 0 Å². The predicted molar refractivity (Wildman–Crippen MR) is 139 cm³/mol. The van der Waals surface area contributed by atoms with Crippen LogP contribution < -0.4 is 10.6 Å². The van der Waals surface area contributed by atoms with Gasteiger partial charge in [0.1, 0.15) is 0 Å². The lowest BCUT2D eigenvalue weighted by Crippen LogP contribution is -2.40. The summed E-state index contributed by atoms with van der Waals surface area (Å²) in [4.78, 5) is 39.9. The molecule has 9 heteroatoms. The van der Waals surface area contributed by atoms with E-state index in [4.69, 9.17) is 18.2 Å². The van der Waals surface area contributed by atoms with Gasteiger partial charge >= 0.3 is 0 Å². The highest BCUT2D eigenvalue weighted by molar-refractivity contribution is 6.31. The summed E-state index contributed by atoms with van der Waals surface area (Å²) in [5.41, 5.74) is 4.11. The minimum absolute atomic E-state index is 0.0363. The molecule has 0 spiro atoms. The van der Waals surface area contributed by atoms with E-state index in [0.29, 0.717) is 41.0 Å². The van der Waals surface area contributed by atoms with Crippen LogP contribution in [-0.4, -0.2) is 45.8 Å². The molecule has 0 unspecified atom stereocenters.